The van der Waals surface area contributed by atoms with E-state index in [1.807, 2.05) is 6.92 Å². The third-order valence-corrected chi connectivity index (χ3v) is 4.35. The molecule has 0 aliphatic carbocycles. The second-order valence-electron chi connectivity index (χ2n) is 5.03. The number of aryl methyl sites for hydroxylation is 1. The Labute approximate surface area is 120 Å². The summed E-state index contributed by atoms with van der Waals surface area (Å²) in [5.41, 5.74) is 1.74. The zero-order valence-electron chi connectivity index (χ0n) is 10.7. The van der Waals surface area contributed by atoms with E-state index in [-0.39, 0.29) is 11.4 Å². The Kier molecular flexibility index (Phi) is 4.02. The quantitative estimate of drug-likeness (QED) is 0.814. The number of hydrogen-bond acceptors (Lipinski definition) is 3. The lowest BCUT2D eigenvalue weighted by Crippen LogP contribution is -2.27. The first-order valence-corrected chi connectivity index (χ1v) is 7.60. The molecular weight excluding hydrogens is 315 g/mol. The van der Waals surface area contributed by atoms with Crippen molar-refractivity contribution in [2.75, 3.05) is 11.1 Å². The molecule has 0 radical (unpaired) electrons. The van der Waals surface area contributed by atoms with Crippen LogP contribution in [0.2, 0.25) is 0 Å². The average molecular weight is 331 g/mol. The van der Waals surface area contributed by atoms with Gasteiger partial charge in [0, 0.05) is 11.4 Å². The van der Waals surface area contributed by atoms with E-state index in [2.05, 4.69) is 40.1 Å². The van der Waals surface area contributed by atoms with E-state index in [4.69, 9.17) is 0 Å². The zero-order valence-corrected chi connectivity index (χ0v) is 13.1. The summed E-state index contributed by atoms with van der Waals surface area (Å²) >= 11 is 4.87. The van der Waals surface area contributed by atoms with Gasteiger partial charge < -0.3 is 5.32 Å². The minimum atomic E-state index is -0.260. The Morgan fingerprint density at radius 2 is 2.17 bits per heavy atom. The van der Waals surface area contributed by atoms with Crippen LogP contribution in [-0.4, -0.2) is 16.5 Å². The summed E-state index contributed by atoms with van der Waals surface area (Å²) in [4.78, 5) is 4.64. The van der Waals surface area contributed by atoms with Gasteiger partial charge in [-0.25, -0.2) is 4.39 Å². The molecule has 0 amide bonds. The van der Waals surface area contributed by atoms with Crippen LogP contribution in [0, 0.1) is 12.7 Å². The van der Waals surface area contributed by atoms with Crippen molar-refractivity contribution in [1.82, 2.24) is 0 Å². The maximum Gasteiger partial charge on any atom is 0.161 e. The molecular formula is C13H16BrFN2S. The highest BCUT2D eigenvalue weighted by molar-refractivity contribution is 9.10. The molecule has 0 aromatic heterocycles. The molecule has 1 N–H and O–H groups in total. The molecule has 18 heavy (non-hydrogen) atoms. The van der Waals surface area contributed by atoms with Gasteiger partial charge in [0.05, 0.1) is 10.0 Å². The Balaban J connectivity index is 2.24. The summed E-state index contributed by atoms with van der Waals surface area (Å²) in [7, 11) is 0. The predicted octanol–water partition coefficient (Wildman–Crippen LogP) is 4.58. The maximum absolute atomic E-state index is 13.5. The Morgan fingerprint density at radius 1 is 1.44 bits per heavy atom. The number of halogens is 2. The summed E-state index contributed by atoms with van der Waals surface area (Å²) in [6, 6.07) is 3.28. The molecule has 0 spiro atoms. The van der Waals surface area contributed by atoms with Crippen molar-refractivity contribution in [3.05, 3.63) is 28.0 Å². The summed E-state index contributed by atoms with van der Waals surface area (Å²) in [6.07, 6.45) is 1.07. The lowest BCUT2D eigenvalue weighted by atomic mass is 10.0. The molecule has 0 fully saturated rings. The van der Waals surface area contributed by atoms with Crippen LogP contribution < -0.4 is 5.32 Å². The van der Waals surface area contributed by atoms with Crippen molar-refractivity contribution < 1.29 is 4.39 Å². The monoisotopic (exact) mass is 330 g/mol. The van der Waals surface area contributed by atoms with Crippen LogP contribution in [0.5, 0.6) is 0 Å². The molecule has 0 saturated heterocycles. The largest absolute Gasteiger partial charge is 0.335 e. The van der Waals surface area contributed by atoms with Gasteiger partial charge >= 0.3 is 0 Å². The molecule has 2 nitrogen and oxygen atoms in total. The summed E-state index contributed by atoms with van der Waals surface area (Å²) in [6.45, 7) is 6.18. The molecule has 1 aliphatic rings. The van der Waals surface area contributed by atoms with Crippen LogP contribution in [0.3, 0.4) is 0 Å². The normalized spacial score (nSPS) is 18.4. The number of benzene rings is 1. The van der Waals surface area contributed by atoms with Crippen LogP contribution in [0.4, 0.5) is 10.1 Å². The van der Waals surface area contributed by atoms with Crippen LogP contribution in [-0.2, 0) is 0 Å². The SMILES string of the molecule is Cc1cc(Br)c(F)cc1NC1=NC(C)(C)CCS1. The molecule has 1 heterocycles. The number of aliphatic imine (C=N–C) groups is 1. The number of hydrogen-bond donors (Lipinski definition) is 1. The van der Waals surface area contributed by atoms with Gasteiger partial charge in [-0.1, -0.05) is 11.8 Å². The second kappa shape index (κ2) is 5.21. The first-order valence-electron chi connectivity index (χ1n) is 5.83. The number of anilines is 1. The van der Waals surface area contributed by atoms with Gasteiger partial charge in [0.2, 0.25) is 0 Å². The van der Waals surface area contributed by atoms with E-state index in [1.165, 1.54) is 6.07 Å². The number of amidine groups is 1. The van der Waals surface area contributed by atoms with Gasteiger partial charge in [0.15, 0.2) is 5.17 Å². The highest BCUT2D eigenvalue weighted by Crippen LogP contribution is 2.29. The fourth-order valence-electron chi connectivity index (χ4n) is 1.72. The van der Waals surface area contributed by atoms with Crippen molar-refractivity contribution in [3.63, 3.8) is 0 Å². The third kappa shape index (κ3) is 3.26. The lowest BCUT2D eigenvalue weighted by Gasteiger charge is -2.26. The molecule has 0 bridgehead atoms. The number of nitrogens with one attached hydrogen (secondary N) is 1. The predicted molar refractivity (Wildman–Crippen MR) is 81.0 cm³/mol. The highest BCUT2D eigenvalue weighted by atomic mass is 79.9. The molecule has 5 heteroatoms. The van der Waals surface area contributed by atoms with Gasteiger partial charge in [0.25, 0.3) is 0 Å². The molecule has 1 aromatic rings. The first kappa shape index (κ1) is 13.9. The van der Waals surface area contributed by atoms with Crippen LogP contribution in [0.1, 0.15) is 25.8 Å². The Bertz CT molecular complexity index is 500. The fourth-order valence-corrected chi connectivity index (χ4v) is 3.47. The summed E-state index contributed by atoms with van der Waals surface area (Å²) in [5, 5.41) is 4.10. The third-order valence-electron chi connectivity index (χ3n) is 2.87. The lowest BCUT2D eigenvalue weighted by molar-refractivity contribution is 0.507. The summed E-state index contributed by atoms with van der Waals surface area (Å²) < 4.78 is 14.0. The van der Waals surface area contributed by atoms with Crippen LogP contribution >= 0.6 is 27.7 Å². The smallest absolute Gasteiger partial charge is 0.161 e. The van der Waals surface area contributed by atoms with Crippen molar-refractivity contribution in [2.45, 2.75) is 32.7 Å². The van der Waals surface area contributed by atoms with E-state index in [0.717, 1.165) is 28.6 Å². The molecule has 98 valence electrons. The van der Waals surface area contributed by atoms with Gasteiger partial charge in [0.1, 0.15) is 5.82 Å². The Hall–Kier alpha value is -0.550. The highest BCUT2D eigenvalue weighted by Gasteiger charge is 2.22. The number of rotatable bonds is 1. The van der Waals surface area contributed by atoms with Crippen LogP contribution in [0.25, 0.3) is 0 Å². The van der Waals surface area contributed by atoms with E-state index in [9.17, 15) is 4.39 Å². The van der Waals surface area contributed by atoms with Crippen LogP contribution in [0.15, 0.2) is 21.6 Å². The van der Waals surface area contributed by atoms with Crippen molar-refractivity contribution >= 4 is 38.5 Å². The molecule has 0 atom stereocenters. The molecule has 0 saturated carbocycles. The van der Waals surface area contributed by atoms with Crippen molar-refractivity contribution in [1.29, 1.82) is 0 Å². The van der Waals surface area contributed by atoms with E-state index in [1.54, 1.807) is 17.8 Å². The molecule has 0 unspecified atom stereocenters. The molecule has 1 aromatic carbocycles. The average Bonchev–Trinajstić information content (AvgIpc) is 2.24. The number of nitrogens with zero attached hydrogens (tertiary/aromatic N) is 1. The van der Waals surface area contributed by atoms with Gasteiger partial charge in [-0.15, -0.1) is 0 Å². The minimum absolute atomic E-state index is 0.0323. The van der Waals surface area contributed by atoms with E-state index >= 15 is 0 Å². The van der Waals surface area contributed by atoms with Gasteiger partial charge in [-0.3, -0.25) is 4.99 Å². The fraction of sp³-hybridized carbons (Fsp3) is 0.462. The minimum Gasteiger partial charge on any atom is -0.335 e. The van der Waals surface area contributed by atoms with E-state index in [0.29, 0.717) is 4.47 Å². The van der Waals surface area contributed by atoms with Crippen molar-refractivity contribution in [2.24, 2.45) is 4.99 Å². The Morgan fingerprint density at radius 3 is 2.83 bits per heavy atom. The zero-order chi connectivity index (χ0) is 13.3. The van der Waals surface area contributed by atoms with Crippen molar-refractivity contribution in [3.8, 4) is 0 Å². The van der Waals surface area contributed by atoms with Gasteiger partial charge in [-0.2, -0.15) is 0 Å². The second-order valence-corrected chi connectivity index (χ2v) is 6.97. The maximum atomic E-state index is 13.5. The van der Waals surface area contributed by atoms with E-state index < -0.39 is 0 Å². The first-order chi connectivity index (χ1) is 8.37. The van der Waals surface area contributed by atoms with Gasteiger partial charge in [-0.05, 0) is 60.8 Å². The number of thioether (sulfide) groups is 1. The molecule has 1 aliphatic heterocycles. The summed E-state index contributed by atoms with van der Waals surface area (Å²) in [5.74, 6) is 0.778. The standard InChI is InChI=1S/C13H16BrFN2S/c1-8-6-9(14)10(15)7-11(8)16-12-17-13(2,3)4-5-18-12/h6-7H,4-5H2,1-3H3,(H,16,17). The topological polar surface area (TPSA) is 24.4 Å². The molecule has 2 rings (SSSR count).